The van der Waals surface area contributed by atoms with Crippen LogP contribution in [0.3, 0.4) is 0 Å². The maximum absolute atomic E-state index is 12.6. The maximum Gasteiger partial charge on any atom is 0.251 e. The molecule has 0 spiro atoms. The minimum atomic E-state index is -0.0129. The van der Waals surface area contributed by atoms with Crippen molar-refractivity contribution in [3.63, 3.8) is 0 Å². The highest BCUT2D eigenvalue weighted by Crippen LogP contribution is 2.30. The van der Waals surface area contributed by atoms with Crippen molar-refractivity contribution in [3.05, 3.63) is 48.4 Å². The molecule has 6 heteroatoms. The van der Waals surface area contributed by atoms with Crippen molar-refractivity contribution in [2.24, 2.45) is 5.92 Å². The van der Waals surface area contributed by atoms with Gasteiger partial charge in [-0.05, 0) is 43.4 Å². The summed E-state index contributed by atoms with van der Waals surface area (Å²) in [5.41, 5.74) is 1.49. The second-order valence-corrected chi connectivity index (χ2v) is 6.96. The summed E-state index contributed by atoms with van der Waals surface area (Å²) in [6.07, 6.45) is 8.70. The van der Waals surface area contributed by atoms with E-state index in [9.17, 15) is 4.79 Å². The van der Waals surface area contributed by atoms with Gasteiger partial charge in [0.2, 0.25) is 0 Å². The minimum absolute atomic E-state index is 0.0129. The van der Waals surface area contributed by atoms with Crippen LogP contribution in [0.2, 0.25) is 0 Å². The molecule has 4 rings (SSSR count). The Labute approximate surface area is 147 Å². The first kappa shape index (κ1) is 16.0. The molecule has 1 aromatic heterocycles. The molecule has 0 unspecified atom stereocenters. The van der Waals surface area contributed by atoms with Gasteiger partial charge in [0.05, 0.1) is 6.20 Å². The number of carbonyl (C=O) groups is 1. The summed E-state index contributed by atoms with van der Waals surface area (Å²) in [5.74, 6) is 1.55. The van der Waals surface area contributed by atoms with Crippen LogP contribution >= 0.6 is 0 Å². The summed E-state index contributed by atoms with van der Waals surface area (Å²) in [4.78, 5) is 23.3. The predicted molar refractivity (Wildman–Crippen MR) is 96.8 cm³/mol. The van der Waals surface area contributed by atoms with Crippen molar-refractivity contribution in [3.8, 4) is 0 Å². The average molecular weight is 337 g/mol. The van der Waals surface area contributed by atoms with E-state index in [1.54, 1.807) is 18.6 Å². The third-order valence-electron chi connectivity index (χ3n) is 4.78. The van der Waals surface area contributed by atoms with Crippen LogP contribution < -0.4 is 10.6 Å². The van der Waals surface area contributed by atoms with Gasteiger partial charge in [-0.15, -0.1) is 0 Å². The van der Waals surface area contributed by atoms with Crippen LogP contribution in [0.15, 0.2) is 42.9 Å². The number of rotatable bonds is 6. The fourth-order valence-corrected chi connectivity index (χ4v) is 3.30. The molecule has 1 aromatic carbocycles. The molecular weight excluding hydrogens is 314 g/mol. The summed E-state index contributed by atoms with van der Waals surface area (Å²) in [6, 6.07) is 7.73. The predicted octanol–water partition coefficient (Wildman–Crippen LogP) is 2.43. The zero-order valence-electron chi connectivity index (χ0n) is 14.2. The molecule has 2 aromatic rings. The lowest BCUT2D eigenvalue weighted by Crippen LogP contribution is -2.37. The SMILES string of the molecule is O=C(N[C@H]1CCN(CC2CC2)C1)c1cccc(Nc2cnccn2)c1. The summed E-state index contributed by atoms with van der Waals surface area (Å²) in [5, 5.41) is 6.34. The lowest BCUT2D eigenvalue weighted by Gasteiger charge is -2.16. The number of amides is 1. The van der Waals surface area contributed by atoms with E-state index in [-0.39, 0.29) is 11.9 Å². The molecule has 0 radical (unpaired) electrons. The molecule has 2 aliphatic rings. The third kappa shape index (κ3) is 4.33. The van der Waals surface area contributed by atoms with Gasteiger partial charge in [0.25, 0.3) is 5.91 Å². The lowest BCUT2D eigenvalue weighted by molar-refractivity contribution is 0.0937. The van der Waals surface area contributed by atoms with Crippen molar-refractivity contribution in [1.29, 1.82) is 0 Å². The van der Waals surface area contributed by atoms with Crippen LogP contribution in [0, 0.1) is 5.92 Å². The van der Waals surface area contributed by atoms with Gasteiger partial charge in [0.15, 0.2) is 0 Å². The van der Waals surface area contributed by atoms with Crippen molar-refractivity contribution < 1.29 is 4.79 Å². The molecule has 1 aliphatic heterocycles. The van der Waals surface area contributed by atoms with Crippen molar-refractivity contribution in [2.45, 2.75) is 25.3 Å². The molecular formula is C19H23N5O. The highest BCUT2D eigenvalue weighted by atomic mass is 16.1. The van der Waals surface area contributed by atoms with E-state index in [0.717, 1.165) is 31.1 Å². The van der Waals surface area contributed by atoms with Gasteiger partial charge in [0, 0.05) is 49.3 Å². The first-order chi connectivity index (χ1) is 12.3. The Kier molecular flexibility index (Phi) is 4.61. The van der Waals surface area contributed by atoms with Crippen LogP contribution in [-0.2, 0) is 0 Å². The topological polar surface area (TPSA) is 70.2 Å². The fraction of sp³-hybridized carbons (Fsp3) is 0.421. The van der Waals surface area contributed by atoms with E-state index in [0.29, 0.717) is 11.4 Å². The van der Waals surface area contributed by atoms with Crippen molar-refractivity contribution in [1.82, 2.24) is 20.2 Å². The number of benzene rings is 1. The number of nitrogens with zero attached hydrogens (tertiary/aromatic N) is 3. The van der Waals surface area contributed by atoms with E-state index >= 15 is 0 Å². The number of likely N-dealkylation sites (tertiary alicyclic amines) is 1. The van der Waals surface area contributed by atoms with Crippen LogP contribution in [0.25, 0.3) is 0 Å². The normalized spacial score (nSPS) is 20.4. The highest BCUT2D eigenvalue weighted by Gasteiger charge is 2.29. The lowest BCUT2D eigenvalue weighted by atomic mass is 10.1. The quantitative estimate of drug-likeness (QED) is 0.847. The maximum atomic E-state index is 12.6. The Morgan fingerprint density at radius 1 is 1.24 bits per heavy atom. The number of aromatic nitrogens is 2. The van der Waals surface area contributed by atoms with Crippen LogP contribution in [0.1, 0.15) is 29.6 Å². The largest absolute Gasteiger partial charge is 0.348 e. The molecule has 25 heavy (non-hydrogen) atoms. The van der Waals surface area contributed by atoms with Crippen molar-refractivity contribution >= 4 is 17.4 Å². The molecule has 130 valence electrons. The smallest absolute Gasteiger partial charge is 0.251 e. The molecule has 2 heterocycles. The van der Waals surface area contributed by atoms with Gasteiger partial charge in [-0.2, -0.15) is 0 Å². The summed E-state index contributed by atoms with van der Waals surface area (Å²) in [6.45, 7) is 3.26. The van der Waals surface area contributed by atoms with Crippen LogP contribution in [0.5, 0.6) is 0 Å². The molecule has 0 bridgehead atoms. The van der Waals surface area contributed by atoms with E-state index < -0.39 is 0 Å². The zero-order valence-corrected chi connectivity index (χ0v) is 14.2. The number of hydrogen-bond donors (Lipinski definition) is 2. The zero-order chi connectivity index (χ0) is 17.1. The molecule has 1 saturated carbocycles. The van der Waals surface area contributed by atoms with E-state index in [1.165, 1.54) is 19.4 Å². The molecule has 1 amide bonds. The van der Waals surface area contributed by atoms with Gasteiger partial charge in [-0.3, -0.25) is 9.78 Å². The Morgan fingerprint density at radius 3 is 2.96 bits per heavy atom. The third-order valence-corrected chi connectivity index (χ3v) is 4.78. The molecule has 2 fully saturated rings. The van der Waals surface area contributed by atoms with E-state index in [2.05, 4.69) is 25.5 Å². The van der Waals surface area contributed by atoms with Gasteiger partial charge in [0.1, 0.15) is 5.82 Å². The van der Waals surface area contributed by atoms with Gasteiger partial charge < -0.3 is 15.5 Å². The Hall–Kier alpha value is -2.47. The molecule has 1 atom stereocenters. The van der Waals surface area contributed by atoms with Crippen molar-refractivity contribution in [2.75, 3.05) is 25.0 Å². The summed E-state index contributed by atoms with van der Waals surface area (Å²) < 4.78 is 0. The Bertz CT molecular complexity index is 732. The first-order valence-electron chi connectivity index (χ1n) is 8.92. The average Bonchev–Trinajstić information content (AvgIpc) is 3.34. The molecule has 1 saturated heterocycles. The molecule has 1 aliphatic carbocycles. The Balaban J connectivity index is 1.34. The summed E-state index contributed by atoms with van der Waals surface area (Å²) in [7, 11) is 0. The highest BCUT2D eigenvalue weighted by molar-refractivity contribution is 5.95. The Morgan fingerprint density at radius 2 is 2.16 bits per heavy atom. The second-order valence-electron chi connectivity index (χ2n) is 6.96. The second kappa shape index (κ2) is 7.19. The minimum Gasteiger partial charge on any atom is -0.348 e. The van der Waals surface area contributed by atoms with Gasteiger partial charge >= 0.3 is 0 Å². The number of carbonyl (C=O) groups excluding carboxylic acids is 1. The van der Waals surface area contributed by atoms with Crippen LogP contribution in [-0.4, -0.2) is 46.5 Å². The number of hydrogen-bond acceptors (Lipinski definition) is 5. The summed E-state index contributed by atoms with van der Waals surface area (Å²) >= 11 is 0. The van der Waals surface area contributed by atoms with Gasteiger partial charge in [-0.1, -0.05) is 6.07 Å². The first-order valence-corrected chi connectivity index (χ1v) is 8.92. The standard InChI is InChI=1S/C19H23N5O/c25-19(23-17-6-9-24(13-17)12-14-4-5-14)15-2-1-3-16(10-15)22-18-11-20-7-8-21-18/h1-3,7-8,10-11,14,17H,4-6,9,12-13H2,(H,21,22)(H,23,25)/t17-/m0/s1. The monoisotopic (exact) mass is 337 g/mol. The van der Waals surface area contributed by atoms with E-state index in [1.807, 2.05) is 24.3 Å². The fourth-order valence-electron chi connectivity index (χ4n) is 3.30. The number of nitrogens with one attached hydrogen (secondary N) is 2. The number of anilines is 2. The van der Waals surface area contributed by atoms with E-state index in [4.69, 9.17) is 0 Å². The molecule has 2 N–H and O–H groups in total. The van der Waals surface area contributed by atoms with Gasteiger partial charge in [-0.25, -0.2) is 4.98 Å². The van der Waals surface area contributed by atoms with Crippen LogP contribution in [0.4, 0.5) is 11.5 Å². The molecule has 6 nitrogen and oxygen atoms in total.